The van der Waals surface area contributed by atoms with E-state index in [-0.39, 0.29) is 29.1 Å². The van der Waals surface area contributed by atoms with Crippen LogP contribution in [0, 0.1) is 17.7 Å². The summed E-state index contributed by atoms with van der Waals surface area (Å²) >= 11 is 0. The van der Waals surface area contributed by atoms with Gasteiger partial charge in [-0.3, -0.25) is 4.79 Å². The number of likely N-dealkylation sites (tertiary alicyclic amines) is 1. The maximum atomic E-state index is 13.8. The molecular weight excluding hydrogens is 482 g/mol. The molecule has 0 radical (unpaired) electrons. The largest absolute Gasteiger partial charge is 0.418 e. The zero-order valence-electron chi connectivity index (χ0n) is 20.0. The molecule has 1 aliphatic carbocycles. The summed E-state index contributed by atoms with van der Waals surface area (Å²) in [4.78, 5) is 19.0. The van der Waals surface area contributed by atoms with Crippen LogP contribution < -0.4 is 0 Å². The van der Waals surface area contributed by atoms with Gasteiger partial charge in [0.1, 0.15) is 17.2 Å². The minimum atomic E-state index is -4.52. The summed E-state index contributed by atoms with van der Waals surface area (Å²) in [6, 6.07) is 17.7. The number of carbonyl (C=O) groups excluding carboxylic acids is 1. The third-order valence-corrected chi connectivity index (χ3v) is 7.37. The summed E-state index contributed by atoms with van der Waals surface area (Å²) in [6.45, 7) is 1.76. The first-order chi connectivity index (χ1) is 17.8. The Bertz CT molecular complexity index is 1450. The Morgan fingerprint density at radius 2 is 1.54 bits per heavy atom. The van der Waals surface area contributed by atoms with Gasteiger partial charge in [0.15, 0.2) is 0 Å². The summed E-state index contributed by atoms with van der Waals surface area (Å²) in [5.41, 5.74) is 2.00. The van der Waals surface area contributed by atoms with Gasteiger partial charge in [-0.05, 0) is 60.6 Å². The van der Waals surface area contributed by atoms with Crippen LogP contribution in [0.1, 0.15) is 24.8 Å². The molecule has 8 heteroatoms. The van der Waals surface area contributed by atoms with Crippen molar-refractivity contribution in [2.45, 2.75) is 32.0 Å². The van der Waals surface area contributed by atoms with Crippen LogP contribution in [0.15, 0.2) is 66.7 Å². The van der Waals surface area contributed by atoms with Gasteiger partial charge in [-0.15, -0.1) is 0 Å². The van der Waals surface area contributed by atoms with Crippen LogP contribution >= 0.6 is 0 Å². The predicted molar refractivity (Wildman–Crippen MR) is 133 cm³/mol. The molecule has 1 saturated heterocycles. The molecule has 1 amide bonds. The number of alkyl halides is 3. The number of carbonyl (C=O) groups is 1. The van der Waals surface area contributed by atoms with Crippen LogP contribution in [-0.2, 0) is 17.5 Å². The number of hydrogen-bond acceptors (Lipinski definition) is 2. The van der Waals surface area contributed by atoms with Crippen LogP contribution in [0.4, 0.5) is 17.6 Å². The molecule has 1 aromatic heterocycles. The van der Waals surface area contributed by atoms with Gasteiger partial charge >= 0.3 is 6.18 Å². The number of hydrogen-bond donors (Lipinski definition) is 0. The van der Waals surface area contributed by atoms with Crippen molar-refractivity contribution in [3.63, 3.8) is 0 Å². The molecule has 0 spiro atoms. The topological polar surface area (TPSA) is 38.1 Å². The van der Waals surface area contributed by atoms with Gasteiger partial charge in [0, 0.05) is 31.1 Å². The van der Waals surface area contributed by atoms with Crippen molar-refractivity contribution in [3.8, 4) is 22.5 Å². The fourth-order valence-electron chi connectivity index (χ4n) is 5.26. The predicted octanol–water partition coefficient (Wildman–Crippen LogP) is 6.79. The molecule has 37 heavy (non-hydrogen) atoms. The minimum absolute atomic E-state index is 0.0727. The summed E-state index contributed by atoms with van der Waals surface area (Å²) < 4.78 is 56.7. The maximum Gasteiger partial charge on any atom is 0.418 e. The Morgan fingerprint density at radius 3 is 2.19 bits per heavy atom. The number of imidazole rings is 1. The number of para-hydroxylation sites is 1. The molecule has 4 aromatic rings. The van der Waals surface area contributed by atoms with E-state index in [1.807, 2.05) is 33.7 Å². The number of fused-ring (bicyclic) bond motifs is 1. The van der Waals surface area contributed by atoms with Gasteiger partial charge in [-0.1, -0.05) is 42.5 Å². The van der Waals surface area contributed by atoms with Crippen molar-refractivity contribution < 1.29 is 22.4 Å². The maximum absolute atomic E-state index is 13.8. The van der Waals surface area contributed by atoms with E-state index in [2.05, 4.69) is 4.98 Å². The van der Waals surface area contributed by atoms with E-state index in [1.54, 1.807) is 18.2 Å². The molecule has 4 nitrogen and oxygen atoms in total. The zero-order chi connectivity index (χ0) is 25.7. The highest BCUT2D eigenvalue weighted by Crippen LogP contribution is 2.38. The Kier molecular flexibility index (Phi) is 5.77. The smallest absolute Gasteiger partial charge is 0.342 e. The third kappa shape index (κ3) is 4.61. The molecule has 1 aliphatic heterocycles. The number of halogens is 4. The second-order valence-corrected chi connectivity index (χ2v) is 10.0. The molecule has 0 N–H and O–H groups in total. The third-order valence-electron chi connectivity index (χ3n) is 7.37. The first kappa shape index (κ1) is 23.7. The van der Waals surface area contributed by atoms with Gasteiger partial charge in [0.25, 0.3) is 0 Å². The molecule has 6 rings (SSSR count). The number of benzene rings is 3. The van der Waals surface area contributed by atoms with Crippen LogP contribution in [0.5, 0.6) is 0 Å². The number of rotatable bonds is 5. The average Bonchev–Trinajstić information content (AvgIpc) is 3.53. The van der Waals surface area contributed by atoms with E-state index in [0.29, 0.717) is 36.5 Å². The quantitative estimate of drug-likeness (QED) is 0.279. The fourth-order valence-corrected chi connectivity index (χ4v) is 5.26. The van der Waals surface area contributed by atoms with Gasteiger partial charge < -0.3 is 9.47 Å². The van der Waals surface area contributed by atoms with Gasteiger partial charge in [-0.2, -0.15) is 13.2 Å². The summed E-state index contributed by atoms with van der Waals surface area (Å²) in [7, 11) is 0. The lowest BCUT2D eigenvalue weighted by Crippen LogP contribution is -2.30. The molecule has 190 valence electrons. The molecule has 2 aliphatic rings. The zero-order valence-corrected chi connectivity index (χ0v) is 20.0. The number of nitrogens with zero attached hydrogens (tertiary/aromatic N) is 3. The Balaban J connectivity index is 1.37. The first-order valence-corrected chi connectivity index (χ1v) is 12.5. The fraction of sp³-hybridized carbons (Fsp3) is 0.310. The Labute approximate surface area is 211 Å². The lowest BCUT2D eigenvalue weighted by molar-refractivity contribution is -0.136. The molecule has 0 bridgehead atoms. The van der Waals surface area contributed by atoms with Gasteiger partial charge in [0.2, 0.25) is 5.91 Å². The highest BCUT2D eigenvalue weighted by Gasteiger charge is 2.38. The van der Waals surface area contributed by atoms with E-state index >= 15 is 0 Å². The monoisotopic (exact) mass is 507 g/mol. The molecule has 2 fully saturated rings. The Morgan fingerprint density at radius 1 is 0.892 bits per heavy atom. The molecule has 2 heterocycles. The summed E-state index contributed by atoms with van der Waals surface area (Å²) in [6.07, 6.45) is -1.82. The van der Waals surface area contributed by atoms with E-state index in [1.165, 1.54) is 18.2 Å². The number of aromatic nitrogens is 2. The highest BCUT2D eigenvalue weighted by atomic mass is 19.4. The van der Waals surface area contributed by atoms with Crippen molar-refractivity contribution in [2.24, 2.45) is 11.8 Å². The highest BCUT2D eigenvalue weighted by molar-refractivity contribution is 5.84. The van der Waals surface area contributed by atoms with Crippen molar-refractivity contribution in [1.29, 1.82) is 0 Å². The van der Waals surface area contributed by atoms with E-state index < -0.39 is 11.7 Å². The molecule has 3 aromatic carbocycles. The summed E-state index contributed by atoms with van der Waals surface area (Å²) in [5.74, 6) is 0.626. The molecule has 1 saturated carbocycles. The lowest BCUT2D eigenvalue weighted by Gasteiger charge is -2.18. The van der Waals surface area contributed by atoms with Crippen LogP contribution in [0.2, 0.25) is 0 Å². The van der Waals surface area contributed by atoms with Gasteiger partial charge in [0.05, 0.1) is 11.1 Å². The molecule has 0 unspecified atom stereocenters. The normalized spacial score (nSPS) is 18.1. The van der Waals surface area contributed by atoms with E-state index in [4.69, 9.17) is 0 Å². The molecular formula is C29H25F4N3O. The van der Waals surface area contributed by atoms with Crippen LogP contribution in [0.3, 0.4) is 0 Å². The van der Waals surface area contributed by atoms with Crippen molar-refractivity contribution >= 4 is 16.9 Å². The van der Waals surface area contributed by atoms with Crippen molar-refractivity contribution in [3.05, 3.63) is 78.1 Å². The van der Waals surface area contributed by atoms with Crippen LogP contribution in [-0.4, -0.2) is 33.4 Å². The lowest BCUT2D eigenvalue weighted by atomic mass is 10.0. The van der Waals surface area contributed by atoms with Crippen LogP contribution in [0.25, 0.3) is 33.5 Å². The first-order valence-electron chi connectivity index (χ1n) is 12.5. The second kappa shape index (κ2) is 9.01. The standard InChI is InChI=1S/C29H25F4N3O/c30-23-12-10-20(11-13-23)19-4-6-21(7-5-19)27-34-26-24(29(31,32)33)2-1-3-25(26)36(27)17-18-14-15-35(16-18)28(37)22-8-9-22/h1-7,10-13,18,22H,8-9,14-17H2/t18-/m0/s1. The van der Waals surface area contributed by atoms with Gasteiger partial charge in [-0.25, -0.2) is 9.37 Å². The average molecular weight is 508 g/mol. The van der Waals surface area contributed by atoms with Crippen molar-refractivity contribution in [2.75, 3.05) is 13.1 Å². The van der Waals surface area contributed by atoms with E-state index in [0.717, 1.165) is 36.5 Å². The van der Waals surface area contributed by atoms with Crippen molar-refractivity contribution in [1.82, 2.24) is 14.5 Å². The minimum Gasteiger partial charge on any atom is -0.342 e. The summed E-state index contributed by atoms with van der Waals surface area (Å²) in [5, 5.41) is 0. The number of amides is 1. The van der Waals surface area contributed by atoms with E-state index in [9.17, 15) is 22.4 Å². The molecule has 1 atom stereocenters. The SMILES string of the molecule is O=C(C1CC1)N1CC[C@H](Cn2c(-c3ccc(-c4ccc(F)cc4)cc3)nc3c(C(F)(F)F)cccc32)C1. The second-order valence-electron chi connectivity index (χ2n) is 10.0. The Hall–Kier alpha value is -3.68.